The smallest absolute Gasteiger partial charge is 0.271 e. The highest BCUT2D eigenvalue weighted by Crippen LogP contribution is 2.22. The first-order valence-corrected chi connectivity index (χ1v) is 6.69. The van der Waals surface area contributed by atoms with Crippen LogP contribution in [0.25, 0.3) is 0 Å². The van der Waals surface area contributed by atoms with E-state index in [4.69, 9.17) is 0 Å². The molecule has 0 saturated carbocycles. The standard InChI is InChI=1S/C14H12BrFN2O2/c1-9-6-10(2-4-12(9)15)8-17-14-7-11(18(19)20)3-5-13(14)16/h2-7,17H,8H2,1H3. The third kappa shape index (κ3) is 3.33. The van der Waals surface area contributed by atoms with Crippen LogP contribution in [0.2, 0.25) is 0 Å². The zero-order valence-electron chi connectivity index (χ0n) is 10.7. The molecular formula is C14H12BrFN2O2. The van der Waals surface area contributed by atoms with Crippen molar-refractivity contribution in [2.45, 2.75) is 13.5 Å². The summed E-state index contributed by atoms with van der Waals surface area (Å²) in [6.07, 6.45) is 0. The molecule has 1 N–H and O–H groups in total. The van der Waals surface area contributed by atoms with Crippen molar-refractivity contribution in [3.8, 4) is 0 Å². The molecule has 0 radical (unpaired) electrons. The number of rotatable bonds is 4. The second kappa shape index (κ2) is 6.00. The van der Waals surface area contributed by atoms with Crippen LogP contribution < -0.4 is 5.32 Å². The van der Waals surface area contributed by atoms with Crippen LogP contribution in [0.5, 0.6) is 0 Å². The molecule has 20 heavy (non-hydrogen) atoms. The van der Waals surface area contributed by atoms with Gasteiger partial charge in [-0.2, -0.15) is 0 Å². The summed E-state index contributed by atoms with van der Waals surface area (Å²) in [7, 11) is 0. The molecule has 2 aromatic rings. The van der Waals surface area contributed by atoms with E-state index >= 15 is 0 Å². The SMILES string of the molecule is Cc1cc(CNc2cc([N+](=O)[O-])ccc2F)ccc1Br. The highest BCUT2D eigenvalue weighted by Gasteiger charge is 2.10. The van der Waals surface area contributed by atoms with Gasteiger partial charge in [0.25, 0.3) is 5.69 Å². The maximum absolute atomic E-state index is 13.6. The van der Waals surface area contributed by atoms with Crippen molar-refractivity contribution in [1.29, 1.82) is 0 Å². The predicted molar refractivity (Wildman–Crippen MR) is 79.3 cm³/mol. The highest BCUT2D eigenvalue weighted by atomic mass is 79.9. The van der Waals surface area contributed by atoms with Gasteiger partial charge in [0.15, 0.2) is 0 Å². The molecular weight excluding hydrogens is 327 g/mol. The topological polar surface area (TPSA) is 55.2 Å². The second-order valence-corrected chi connectivity index (χ2v) is 5.21. The Morgan fingerprint density at radius 3 is 2.70 bits per heavy atom. The number of halogens is 2. The van der Waals surface area contributed by atoms with E-state index in [1.54, 1.807) is 0 Å². The van der Waals surface area contributed by atoms with Crippen LogP contribution in [0.3, 0.4) is 0 Å². The minimum Gasteiger partial charge on any atom is -0.378 e. The van der Waals surface area contributed by atoms with Gasteiger partial charge in [-0.25, -0.2) is 4.39 Å². The molecule has 0 bridgehead atoms. The average Bonchev–Trinajstić information content (AvgIpc) is 2.41. The molecule has 0 heterocycles. The summed E-state index contributed by atoms with van der Waals surface area (Å²) < 4.78 is 14.6. The lowest BCUT2D eigenvalue weighted by Gasteiger charge is -2.09. The fourth-order valence-electron chi connectivity index (χ4n) is 1.78. The number of nitrogens with zero attached hydrogens (tertiary/aromatic N) is 1. The predicted octanol–water partition coefficient (Wildman–Crippen LogP) is 4.42. The summed E-state index contributed by atoms with van der Waals surface area (Å²) in [6.45, 7) is 2.35. The number of hydrogen-bond acceptors (Lipinski definition) is 3. The number of nitro benzene ring substituents is 1. The molecule has 4 nitrogen and oxygen atoms in total. The Morgan fingerprint density at radius 1 is 1.30 bits per heavy atom. The lowest BCUT2D eigenvalue weighted by atomic mass is 10.1. The van der Waals surface area contributed by atoms with Crippen LogP contribution in [0.1, 0.15) is 11.1 Å². The molecule has 0 aliphatic rings. The van der Waals surface area contributed by atoms with Gasteiger partial charge in [0.1, 0.15) is 5.82 Å². The van der Waals surface area contributed by atoms with Crippen molar-refractivity contribution in [3.63, 3.8) is 0 Å². The van der Waals surface area contributed by atoms with Gasteiger partial charge < -0.3 is 5.32 Å². The molecule has 0 aliphatic heterocycles. The van der Waals surface area contributed by atoms with Crippen LogP contribution in [-0.4, -0.2) is 4.92 Å². The van der Waals surface area contributed by atoms with E-state index in [0.29, 0.717) is 6.54 Å². The first-order valence-electron chi connectivity index (χ1n) is 5.90. The Morgan fingerprint density at radius 2 is 2.05 bits per heavy atom. The lowest BCUT2D eigenvalue weighted by Crippen LogP contribution is -2.02. The Labute approximate surface area is 123 Å². The van der Waals surface area contributed by atoms with Gasteiger partial charge in [0.2, 0.25) is 0 Å². The zero-order chi connectivity index (χ0) is 14.7. The fourth-order valence-corrected chi connectivity index (χ4v) is 2.02. The summed E-state index contributed by atoms with van der Waals surface area (Å²) >= 11 is 3.41. The van der Waals surface area contributed by atoms with Gasteiger partial charge in [-0.05, 0) is 30.2 Å². The Bertz CT molecular complexity index is 662. The normalized spacial score (nSPS) is 10.3. The molecule has 0 amide bonds. The number of hydrogen-bond donors (Lipinski definition) is 1. The quantitative estimate of drug-likeness (QED) is 0.663. The second-order valence-electron chi connectivity index (χ2n) is 4.36. The molecule has 0 aliphatic carbocycles. The number of benzene rings is 2. The third-order valence-corrected chi connectivity index (χ3v) is 3.76. The van der Waals surface area contributed by atoms with Gasteiger partial charge in [-0.3, -0.25) is 10.1 Å². The molecule has 0 fully saturated rings. The minimum absolute atomic E-state index is 0.125. The van der Waals surface area contributed by atoms with Crippen molar-refractivity contribution >= 4 is 27.3 Å². The Balaban J connectivity index is 2.15. The van der Waals surface area contributed by atoms with Crippen LogP contribution >= 0.6 is 15.9 Å². The third-order valence-electron chi connectivity index (χ3n) is 2.87. The molecule has 0 saturated heterocycles. The summed E-state index contributed by atoms with van der Waals surface area (Å²) in [5.74, 6) is -0.510. The van der Waals surface area contributed by atoms with Gasteiger partial charge in [0.05, 0.1) is 10.6 Å². The van der Waals surface area contributed by atoms with Crippen LogP contribution in [-0.2, 0) is 6.54 Å². The van der Waals surface area contributed by atoms with Gasteiger partial charge in [0, 0.05) is 23.2 Å². The molecule has 2 aromatic carbocycles. The Hall–Kier alpha value is -1.95. The summed E-state index contributed by atoms with van der Waals surface area (Å²) in [5, 5.41) is 13.5. The molecule has 2 rings (SSSR count). The molecule has 0 unspecified atom stereocenters. The average molecular weight is 339 g/mol. The molecule has 0 aromatic heterocycles. The van der Waals surface area contributed by atoms with Gasteiger partial charge in [-0.15, -0.1) is 0 Å². The van der Waals surface area contributed by atoms with Crippen LogP contribution in [0.4, 0.5) is 15.8 Å². The number of nitrogens with one attached hydrogen (secondary N) is 1. The lowest BCUT2D eigenvalue weighted by molar-refractivity contribution is -0.384. The monoisotopic (exact) mass is 338 g/mol. The van der Waals surface area contributed by atoms with E-state index in [9.17, 15) is 14.5 Å². The van der Waals surface area contributed by atoms with E-state index < -0.39 is 10.7 Å². The maximum Gasteiger partial charge on any atom is 0.271 e. The first-order chi connectivity index (χ1) is 9.47. The summed E-state index contributed by atoms with van der Waals surface area (Å²) in [6, 6.07) is 9.21. The van der Waals surface area contributed by atoms with E-state index in [2.05, 4.69) is 21.2 Å². The van der Waals surface area contributed by atoms with Crippen molar-refractivity contribution in [2.24, 2.45) is 0 Å². The summed E-state index contributed by atoms with van der Waals surface area (Å²) in [4.78, 5) is 10.1. The van der Waals surface area contributed by atoms with Crippen LogP contribution in [0.15, 0.2) is 40.9 Å². The maximum atomic E-state index is 13.6. The van der Waals surface area contributed by atoms with E-state index in [-0.39, 0.29) is 11.4 Å². The number of aryl methyl sites for hydroxylation is 1. The Kier molecular flexibility index (Phi) is 4.34. The summed E-state index contributed by atoms with van der Waals surface area (Å²) in [5.41, 5.74) is 2.03. The molecule has 104 valence electrons. The van der Waals surface area contributed by atoms with E-state index in [1.165, 1.54) is 6.07 Å². The first kappa shape index (κ1) is 14.5. The van der Waals surface area contributed by atoms with Gasteiger partial charge in [-0.1, -0.05) is 28.1 Å². The minimum atomic E-state index is -0.547. The largest absolute Gasteiger partial charge is 0.378 e. The van der Waals surface area contributed by atoms with Crippen molar-refractivity contribution in [1.82, 2.24) is 0 Å². The van der Waals surface area contributed by atoms with Crippen LogP contribution in [0, 0.1) is 22.9 Å². The molecule has 0 atom stereocenters. The number of nitro groups is 1. The number of anilines is 1. The zero-order valence-corrected chi connectivity index (χ0v) is 12.3. The van der Waals surface area contributed by atoms with Crippen molar-refractivity contribution in [2.75, 3.05) is 5.32 Å². The van der Waals surface area contributed by atoms with E-state index in [1.807, 2.05) is 25.1 Å². The molecule has 6 heteroatoms. The van der Waals surface area contributed by atoms with Crippen molar-refractivity contribution in [3.05, 3.63) is 67.9 Å². The highest BCUT2D eigenvalue weighted by molar-refractivity contribution is 9.10. The van der Waals surface area contributed by atoms with Gasteiger partial charge >= 0.3 is 0 Å². The van der Waals surface area contributed by atoms with Crippen molar-refractivity contribution < 1.29 is 9.31 Å². The number of non-ortho nitro benzene ring substituents is 1. The molecule has 0 spiro atoms. The fraction of sp³-hybridized carbons (Fsp3) is 0.143. The van der Waals surface area contributed by atoms with E-state index in [0.717, 1.165) is 27.7 Å².